The number of esters is 1. The molecule has 0 aromatic heterocycles. The number of carbonyl (C=O) groups excluding carboxylic acids is 1. The van der Waals surface area contributed by atoms with Gasteiger partial charge in [-0.1, -0.05) is 24.3 Å². The highest BCUT2D eigenvalue weighted by Crippen LogP contribution is 2.23. The Morgan fingerprint density at radius 1 is 1.20 bits per heavy atom. The topological polar surface area (TPSA) is 70.3 Å². The third-order valence-electron chi connectivity index (χ3n) is 2.98. The molecule has 4 nitrogen and oxygen atoms in total. The molecular weight excluding hydrogens is 254 g/mol. The smallest absolute Gasteiger partial charge is 0.337 e. The third kappa shape index (κ3) is 2.85. The van der Waals surface area contributed by atoms with Crippen molar-refractivity contribution in [1.29, 1.82) is 5.26 Å². The fourth-order valence-electron chi connectivity index (χ4n) is 1.89. The van der Waals surface area contributed by atoms with Crippen molar-refractivity contribution in [2.45, 2.75) is 6.10 Å². The summed E-state index contributed by atoms with van der Waals surface area (Å²) in [6, 6.07) is 15.3. The highest BCUT2D eigenvalue weighted by molar-refractivity contribution is 5.89. The molecule has 100 valence electrons. The van der Waals surface area contributed by atoms with E-state index in [-0.39, 0.29) is 0 Å². The van der Waals surface area contributed by atoms with Gasteiger partial charge in [0, 0.05) is 0 Å². The molecule has 2 rings (SSSR count). The number of ether oxygens (including phenoxy) is 1. The van der Waals surface area contributed by atoms with Gasteiger partial charge in [-0.05, 0) is 35.4 Å². The Labute approximate surface area is 116 Å². The molecule has 0 aliphatic rings. The summed E-state index contributed by atoms with van der Waals surface area (Å²) in [4.78, 5) is 11.5. The standard InChI is InChI=1S/C16H13NO3/c1-20-16(19)14-4-2-3-13(9-14)15(18)12-7-5-11(10-17)6-8-12/h2-9,15,18H,1H3. The number of hydrogen-bond acceptors (Lipinski definition) is 4. The number of carbonyl (C=O) groups is 1. The van der Waals surface area contributed by atoms with Gasteiger partial charge in [-0.2, -0.15) is 5.26 Å². The Kier molecular flexibility index (Phi) is 4.14. The number of aliphatic hydroxyl groups excluding tert-OH is 1. The lowest BCUT2D eigenvalue weighted by Gasteiger charge is -2.12. The molecule has 0 heterocycles. The highest BCUT2D eigenvalue weighted by atomic mass is 16.5. The van der Waals surface area contributed by atoms with Gasteiger partial charge in [-0.15, -0.1) is 0 Å². The van der Waals surface area contributed by atoms with Crippen LogP contribution in [0.1, 0.15) is 33.2 Å². The van der Waals surface area contributed by atoms with Gasteiger partial charge in [0.25, 0.3) is 0 Å². The van der Waals surface area contributed by atoms with Crippen LogP contribution in [0.5, 0.6) is 0 Å². The van der Waals surface area contributed by atoms with E-state index in [9.17, 15) is 9.90 Å². The minimum absolute atomic E-state index is 0.387. The average molecular weight is 267 g/mol. The number of aliphatic hydroxyl groups is 1. The van der Waals surface area contributed by atoms with E-state index in [4.69, 9.17) is 5.26 Å². The van der Waals surface area contributed by atoms with Gasteiger partial charge >= 0.3 is 5.97 Å². The zero-order valence-electron chi connectivity index (χ0n) is 10.9. The lowest BCUT2D eigenvalue weighted by molar-refractivity contribution is 0.0600. The minimum Gasteiger partial charge on any atom is -0.465 e. The van der Waals surface area contributed by atoms with Crippen LogP contribution >= 0.6 is 0 Å². The average Bonchev–Trinajstić information content (AvgIpc) is 2.53. The minimum atomic E-state index is -0.854. The van der Waals surface area contributed by atoms with Gasteiger partial charge in [0.05, 0.1) is 24.3 Å². The van der Waals surface area contributed by atoms with E-state index in [1.807, 2.05) is 6.07 Å². The molecule has 0 spiro atoms. The molecule has 1 unspecified atom stereocenters. The first-order chi connectivity index (χ1) is 9.65. The van der Waals surface area contributed by atoms with E-state index in [1.54, 1.807) is 48.5 Å². The maximum Gasteiger partial charge on any atom is 0.337 e. The normalized spacial score (nSPS) is 11.4. The first kappa shape index (κ1) is 13.8. The van der Waals surface area contributed by atoms with Gasteiger partial charge in [-0.3, -0.25) is 0 Å². The fraction of sp³-hybridized carbons (Fsp3) is 0.125. The van der Waals surface area contributed by atoms with Crippen LogP contribution in [0.15, 0.2) is 48.5 Å². The molecule has 0 aliphatic heterocycles. The van der Waals surface area contributed by atoms with Crippen molar-refractivity contribution in [3.05, 3.63) is 70.8 Å². The second kappa shape index (κ2) is 6.00. The SMILES string of the molecule is COC(=O)c1cccc(C(O)c2ccc(C#N)cc2)c1. The van der Waals surface area contributed by atoms with Crippen molar-refractivity contribution < 1.29 is 14.6 Å². The second-order valence-corrected chi connectivity index (χ2v) is 4.25. The van der Waals surface area contributed by atoms with E-state index in [0.717, 1.165) is 0 Å². The summed E-state index contributed by atoms with van der Waals surface area (Å²) in [5, 5.41) is 19.0. The molecular formula is C16H13NO3. The Bertz CT molecular complexity index is 656. The molecule has 1 atom stereocenters. The van der Waals surface area contributed by atoms with Crippen molar-refractivity contribution in [2.24, 2.45) is 0 Å². The largest absolute Gasteiger partial charge is 0.465 e. The Morgan fingerprint density at radius 2 is 1.90 bits per heavy atom. The molecule has 0 fully saturated rings. The van der Waals surface area contributed by atoms with Crippen molar-refractivity contribution in [1.82, 2.24) is 0 Å². The van der Waals surface area contributed by atoms with Crippen LogP contribution in [0, 0.1) is 11.3 Å². The van der Waals surface area contributed by atoms with Crippen LogP contribution in [0.25, 0.3) is 0 Å². The van der Waals surface area contributed by atoms with Crippen molar-refractivity contribution in [3.63, 3.8) is 0 Å². The molecule has 0 radical (unpaired) electrons. The number of nitriles is 1. The van der Waals surface area contributed by atoms with E-state index < -0.39 is 12.1 Å². The molecule has 1 N–H and O–H groups in total. The summed E-state index contributed by atoms with van der Waals surface area (Å²) in [5.41, 5.74) is 2.17. The first-order valence-electron chi connectivity index (χ1n) is 6.02. The van der Waals surface area contributed by atoms with Crippen molar-refractivity contribution >= 4 is 5.97 Å². The number of hydrogen-bond donors (Lipinski definition) is 1. The first-order valence-corrected chi connectivity index (χ1v) is 6.02. The fourth-order valence-corrected chi connectivity index (χ4v) is 1.89. The van der Waals surface area contributed by atoms with Gasteiger partial charge in [0.2, 0.25) is 0 Å². The van der Waals surface area contributed by atoms with Crippen LogP contribution in [0.2, 0.25) is 0 Å². The summed E-state index contributed by atoms with van der Waals surface area (Å²) >= 11 is 0. The van der Waals surface area contributed by atoms with Crippen LogP contribution in [0.4, 0.5) is 0 Å². The summed E-state index contributed by atoms with van der Waals surface area (Å²) < 4.78 is 4.65. The molecule has 2 aromatic carbocycles. The van der Waals surface area contributed by atoms with Crippen molar-refractivity contribution in [2.75, 3.05) is 7.11 Å². The van der Waals surface area contributed by atoms with E-state index in [1.165, 1.54) is 7.11 Å². The Balaban J connectivity index is 2.30. The van der Waals surface area contributed by atoms with Crippen LogP contribution in [-0.4, -0.2) is 18.2 Å². The zero-order chi connectivity index (χ0) is 14.5. The molecule has 20 heavy (non-hydrogen) atoms. The van der Waals surface area contributed by atoms with Gasteiger partial charge in [0.15, 0.2) is 0 Å². The molecule has 0 saturated heterocycles. The predicted octanol–water partition coefficient (Wildman–Crippen LogP) is 2.43. The number of benzene rings is 2. The maximum atomic E-state index is 11.5. The quantitative estimate of drug-likeness (QED) is 0.867. The van der Waals surface area contributed by atoms with Crippen LogP contribution in [-0.2, 0) is 4.74 Å². The summed E-state index contributed by atoms with van der Waals surface area (Å²) in [7, 11) is 1.31. The third-order valence-corrected chi connectivity index (χ3v) is 2.98. The summed E-state index contributed by atoms with van der Waals surface area (Å²) in [5.74, 6) is -0.445. The van der Waals surface area contributed by atoms with Gasteiger partial charge < -0.3 is 9.84 Å². The Morgan fingerprint density at radius 3 is 2.50 bits per heavy atom. The van der Waals surface area contributed by atoms with Gasteiger partial charge in [-0.25, -0.2) is 4.79 Å². The van der Waals surface area contributed by atoms with E-state index in [0.29, 0.717) is 22.3 Å². The maximum absolute atomic E-state index is 11.5. The molecule has 0 aliphatic carbocycles. The number of nitrogens with zero attached hydrogens (tertiary/aromatic N) is 1. The van der Waals surface area contributed by atoms with Crippen LogP contribution < -0.4 is 0 Å². The molecule has 0 amide bonds. The number of methoxy groups -OCH3 is 1. The molecule has 0 saturated carbocycles. The molecule has 0 bridgehead atoms. The lowest BCUT2D eigenvalue weighted by Crippen LogP contribution is -2.04. The molecule has 4 heteroatoms. The predicted molar refractivity (Wildman–Crippen MR) is 73.0 cm³/mol. The highest BCUT2D eigenvalue weighted by Gasteiger charge is 2.13. The monoisotopic (exact) mass is 267 g/mol. The van der Waals surface area contributed by atoms with Gasteiger partial charge in [0.1, 0.15) is 6.10 Å². The van der Waals surface area contributed by atoms with Crippen molar-refractivity contribution in [3.8, 4) is 6.07 Å². The summed E-state index contributed by atoms with van der Waals surface area (Å²) in [6.07, 6.45) is -0.854. The Hall–Kier alpha value is -2.64. The summed E-state index contributed by atoms with van der Waals surface area (Å²) in [6.45, 7) is 0. The lowest BCUT2D eigenvalue weighted by atomic mass is 9.99. The van der Waals surface area contributed by atoms with E-state index in [2.05, 4.69) is 4.74 Å². The van der Waals surface area contributed by atoms with Crippen LogP contribution in [0.3, 0.4) is 0 Å². The molecule has 2 aromatic rings. The number of rotatable bonds is 3. The zero-order valence-corrected chi connectivity index (χ0v) is 10.9. The van der Waals surface area contributed by atoms with E-state index >= 15 is 0 Å². The second-order valence-electron chi connectivity index (χ2n) is 4.25.